The van der Waals surface area contributed by atoms with Crippen LogP contribution in [0.5, 0.6) is 0 Å². The van der Waals surface area contributed by atoms with Gasteiger partial charge in [0, 0.05) is 40.6 Å². The third kappa shape index (κ3) is 3.34. The van der Waals surface area contributed by atoms with Crippen LogP contribution in [0.3, 0.4) is 0 Å². The molecule has 2 aromatic heterocycles. The monoisotopic (exact) mass is 408 g/mol. The van der Waals surface area contributed by atoms with Crippen LogP contribution in [0.25, 0.3) is 33.7 Å². The van der Waals surface area contributed by atoms with Gasteiger partial charge in [-0.2, -0.15) is 16.7 Å². The number of pyridine rings is 1. The predicted octanol–water partition coefficient (Wildman–Crippen LogP) is 5.16. The van der Waals surface area contributed by atoms with E-state index in [1.807, 2.05) is 60.3 Å². The molecule has 140 valence electrons. The molecule has 28 heavy (non-hydrogen) atoms. The van der Waals surface area contributed by atoms with Gasteiger partial charge in [0.2, 0.25) is 5.82 Å². The average molecular weight is 409 g/mol. The molecule has 0 saturated carbocycles. The van der Waals surface area contributed by atoms with E-state index < -0.39 is 0 Å². The summed E-state index contributed by atoms with van der Waals surface area (Å²) in [7, 11) is 0. The Morgan fingerprint density at radius 1 is 0.964 bits per heavy atom. The van der Waals surface area contributed by atoms with E-state index >= 15 is 0 Å². The molecular weight excluding hydrogens is 392 g/mol. The summed E-state index contributed by atoms with van der Waals surface area (Å²) in [5.74, 6) is 4.23. The van der Waals surface area contributed by atoms with Crippen molar-refractivity contribution in [1.29, 1.82) is 0 Å². The molecule has 0 radical (unpaired) electrons. The maximum absolute atomic E-state index is 5.98. The van der Waals surface area contributed by atoms with E-state index in [4.69, 9.17) is 21.1 Å². The first-order valence-corrected chi connectivity index (χ1v) is 10.6. The average Bonchev–Trinajstić information content (AvgIpc) is 3.24. The molecule has 0 unspecified atom stereocenters. The van der Waals surface area contributed by atoms with Gasteiger partial charge < -0.3 is 9.42 Å². The van der Waals surface area contributed by atoms with Crippen LogP contribution in [0.15, 0.2) is 59.1 Å². The van der Waals surface area contributed by atoms with E-state index in [0.717, 1.165) is 52.4 Å². The molecule has 0 aliphatic carbocycles. The van der Waals surface area contributed by atoms with Gasteiger partial charge in [0.1, 0.15) is 5.82 Å². The largest absolute Gasteiger partial charge is 0.355 e. The third-order valence-corrected chi connectivity index (χ3v) is 5.99. The lowest BCUT2D eigenvalue weighted by molar-refractivity contribution is 0.432. The van der Waals surface area contributed by atoms with Crippen LogP contribution >= 0.6 is 23.4 Å². The summed E-state index contributed by atoms with van der Waals surface area (Å²) in [5, 5.41) is 5.86. The van der Waals surface area contributed by atoms with Crippen molar-refractivity contribution in [3.63, 3.8) is 0 Å². The zero-order chi connectivity index (χ0) is 18.9. The van der Waals surface area contributed by atoms with E-state index in [1.54, 1.807) is 0 Å². The lowest BCUT2D eigenvalue weighted by atomic mass is 10.1. The van der Waals surface area contributed by atoms with Gasteiger partial charge in [0.15, 0.2) is 0 Å². The van der Waals surface area contributed by atoms with Gasteiger partial charge in [-0.1, -0.05) is 35.0 Å². The van der Waals surface area contributed by atoms with E-state index in [-0.39, 0.29) is 0 Å². The Balaban J connectivity index is 1.60. The first kappa shape index (κ1) is 17.5. The number of anilines is 1. The summed E-state index contributed by atoms with van der Waals surface area (Å²) in [6.07, 6.45) is 0. The molecular formula is C21H17ClN4OS. The Labute approximate surface area is 171 Å². The first-order valence-electron chi connectivity index (χ1n) is 9.10. The Bertz CT molecular complexity index is 1120. The maximum atomic E-state index is 5.98. The molecule has 0 spiro atoms. The van der Waals surface area contributed by atoms with Gasteiger partial charge in [0.25, 0.3) is 5.89 Å². The standard InChI is InChI=1S/C21H17ClN4OS/c22-15-7-5-14(6-8-15)20-24-21(27-25-20)17-13-19(26-9-11-28-12-10-26)23-18-4-2-1-3-16(17)18/h1-8,13H,9-12H2. The van der Waals surface area contributed by atoms with Crippen LogP contribution in [0, 0.1) is 0 Å². The number of hydrogen-bond acceptors (Lipinski definition) is 6. The molecule has 0 bridgehead atoms. The molecule has 5 rings (SSSR count). The van der Waals surface area contributed by atoms with Crippen LogP contribution in [-0.4, -0.2) is 39.7 Å². The highest BCUT2D eigenvalue weighted by Gasteiger charge is 2.19. The van der Waals surface area contributed by atoms with Crippen molar-refractivity contribution >= 4 is 40.1 Å². The van der Waals surface area contributed by atoms with Crippen molar-refractivity contribution in [2.45, 2.75) is 0 Å². The number of benzene rings is 2. The van der Waals surface area contributed by atoms with E-state index in [0.29, 0.717) is 16.7 Å². The first-order chi connectivity index (χ1) is 13.8. The van der Waals surface area contributed by atoms with Crippen LogP contribution in [0.4, 0.5) is 5.82 Å². The normalized spacial score (nSPS) is 14.5. The van der Waals surface area contributed by atoms with Crippen LogP contribution in [0.2, 0.25) is 5.02 Å². The van der Waals surface area contributed by atoms with Crippen molar-refractivity contribution in [3.8, 4) is 22.8 Å². The maximum Gasteiger partial charge on any atom is 0.259 e. The van der Waals surface area contributed by atoms with Crippen LogP contribution < -0.4 is 4.90 Å². The predicted molar refractivity (Wildman–Crippen MR) is 115 cm³/mol. The lowest BCUT2D eigenvalue weighted by Gasteiger charge is -2.28. The second kappa shape index (κ2) is 7.45. The van der Waals surface area contributed by atoms with Gasteiger partial charge in [-0.05, 0) is 36.4 Å². The SMILES string of the molecule is Clc1ccc(-c2noc(-c3cc(N4CCSCC4)nc4ccccc34)n2)cc1. The highest BCUT2D eigenvalue weighted by Crippen LogP contribution is 2.32. The minimum Gasteiger partial charge on any atom is -0.355 e. The molecule has 7 heteroatoms. The van der Waals surface area contributed by atoms with E-state index in [1.165, 1.54) is 0 Å². The van der Waals surface area contributed by atoms with Gasteiger partial charge in [-0.15, -0.1) is 0 Å². The minimum absolute atomic E-state index is 0.496. The summed E-state index contributed by atoms with van der Waals surface area (Å²) in [5.41, 5.74) is 2.71. The number of thioether (sulfide) groups is 1. The molecule has 2 aromatic carbocycles. The highest BCUT2D eigenvalue weighted by molar-refractivity contribution is 7.99. The number of fused-ring (bicyclic) bond motifs is 1. The van der Waals surface area contributed by atoms with Crippen molar-refractivity contribution in [2.24, 2.45) is 0 Å². The van der Waals surface area contributed by atoms with E-state index in [2.05, 4.69) is 21.1 Å². The molecule has 4 aromatic rings. The number of halogens is 1. The fourth-order valence-electron chi connectivity index (χ4n) is 3.34. The molecule has 0 amide bonds. The molecule has 0 atom stereocenters. The zero-order valence-electron chi connectivity index (χ0n) is 15.0. The second-order valence-corrected chi connectivity index (χ2v) is 8.24. The molecule has 3 heterocycles. The summed E-state index contributed by atoms with van der Waals surface area (Å²) in [6, 6.07) is 17.6. The number of hydrogen-bond donors (Lipinski definition) is 0. The smallest absolute Gasteiger partial charge is 0.259 e. The van der Waals surface area contributed by atoms with Gasteiger partial charge in [-0.3, -0.25) is 0 Å². The zero-order valence-corrected chi connectivity index (χ0v) is 16.6. The molecule has 1 saturated heterocycles. The third-order valence-electron chi connectivity index (χ3n) is 4.80. The number of para-hydroxylation sites is 1. The van der Waals surface area contributed by atoms with Crippen molar-refractivity contribution < 1.29 is 4.52 Å². The summed E-state index contributed by atoms with van der Waals surface area (Å²) >= 11 is 7.96. The second-order valence-electron chi connectivity index (χ2n) is 6.57. The summed E-state index contributed by atoms with van der Waals surface area (Å²) in [4.78, 5) is 11.8. The fraction of sp³-hybridized carbons (Fsp3) is 0.190. The molecule has 1 aliphatic heterocycles. The van der Waals surface area contributed by atoms with Gasteiger partial charge >= 0.3 is 0 Å². The number of nitrogens with zero attached hydrogens (tertiary/aromatic N) is 4. The minimum atomic E-state index is 0.496. The van der Waals surface area contributed by atoms with Crippen molar-refractivity contribution in [1.82, 2.24) is 15.1 Å². The Kier molecular flexibility index (Phi) is 4.66. The Morgan fingerprint density at radius 3 is 2.57 bits per heavy atom. The van der Waals surface area contributed by atoms with Crippen molar-refractivity contribution in [3.05, 3.63) is 59.6 Å². The highest BCUT2D eigenvalue weighted by atomic mass is 35.5. The Morgan fingerprint density at radius 2 is 1.75 bits per heavy atom. The van der Waals surface area contributed by atoms with Gasteiger partial charge in [0.05, 0.1) is 11.1 Å². The number of aromatic nitrogens is 3. The quantitative estimate of drug-likeness (QED) is 0.466. The molecule has 1 aliphatic rings. The van der Waals surface area contributed by atoms with E-state index in [9.17, 15) is 0 Å². The van der Waals surface area contributed by atoms with Gasteiger partial charge in [-0.25, -0.2) is 4.98 Å². The molecule has 1 fully saturated rings. The topological polar surface area (TPSA) is 55.1 Å². The molecule has 5 nitrogen and oxygen atoms in total. The summed E-state index contributed by atoms with van der Waals surface area (Å²) in [6.45, 7) is 1.99. The van der Waals surface area contributed by atoms with Crippen LogP contribution in [0.1, 0.15) is 0 Å². The van der Waals surface area contributed by atoms with Crippen molar-refractivity contribution in [2.75, 3.05) is 29.5 Å². The number of rotatable bonds is 3. The Hall–Kier alpha value is -2.57. The summed E-state index contributed by atoms with van der Waals surface area (Å²) < 4.78 is 5.64. The molecule has 0 N–H and O–H groups in total. The lowest BCUT2D eigenvalue weighted by Crippen LogP contribution is -2.33. The fourth-order valence-corrected chi connectivity index (χ4v) is 4.37. The van der Waals surface area contributed by atoms with Crippen LogP contribution in [-0.2, 0) is 0 Å².